The van der Waals surface area contributed by atoms with Crippen LogP contribution >= 0.6 is 0 Å². The van der Waals surface area contributed by atoms with Crippen LogP contribution in [0.5, 0.6) is 0 Å². The van der Waals surface area contributed by atoms with Crippen molar-refractivity contribution in [1.82, 2.24) is 15.5 Å². The summed E-state index contributed by atoms with van der Waals surface area (Å²) in [7, 11) is 6.15. The average molecular weight is 298 g/mol. The molecule has 2 N–H and O–H groups in total. The minimum atomic E-state index is 0.174. The Morgan fingerprint density at radius 3 is 2.43 bits per heavy atom. The molecule has 0 bridgehead atoms. The molecule has 0 atom stereocenters. The van der Waals surface area contributed by atoms with Gasteiger partial charge >= 0.3 is 0 Å². The van der Waals surface area contributed by atoms with Crippen LogP contribution in [0, 0.1) is 5.92 Å². The minimum Gasteiger partial charge on any atom is -0.381 e. The maximum absolute atomic E-state index is 5.51. The van der Waals surface area contributed by atoms with Gasteiger partial charge in [-0.1, -0.05) is 13.8 Å². The van der Waals surface area contributed by atoms with Crippen molar-refractivity contribution in [2.24, 2.45) is 10.9 Å². The second-order valence-electron chi connectivity index (χ2n) is 6.62. The Labute approximate surface area is 130 Å². The van der Waals surface area contributed by atoms with Crippen molar-refractivity contribution in [3.63, 3.8) is 0 Å². The molecule has 5 nitrogen and oxygen atoms in total. The van der Waals surface area contributed by atoms with Crippen LogP contribution in [0.25, 0.3) is 0 Å². The Morgan fingerprint density at radius 1 is 1.24 bits per heavy atom. The number of likely N-dealkylation sites (N-methyl/N-ethyl adjacent to an activating group) is 1. The van der Waals surface area contributed by atoms with Crippen molar-refractivity contribution < 1.29 is 4.74 Å². The van der Waals surface area contributed by atoms with Gasteiger partial charge in [-0.15, -0.1) is 0 Å². The van der Waals surface area contributed by atoms with Crippen LogP contribution in [0.1, 0.15) is 39.5 Å². The van der Waals surface area contributed by atoms with E-state index in [1.54, 1.807) is 0 Å². The van der Waals surface area contributed by atoms with Crippen molar-refractivity contribution in [2.45, 2.75) is 45.1 Å². The summed E-state index contributed by atoms with van der Waals surface area (Å²) in [6.45, 7) is 8.11. The van der Waals surface area contributed by atoms with Gasteiger partial charge in [0, 0.05) is 38.9 Å². The minimum absolute atomic E-state index is 0.174. The molecule has 0 unspecified atom stereocenters. The molecule has 1 aliphatic rings. The predicted molar refractivity (Wildman–Crippen MR) is 89.9 cm³/mol. The molecule has 0 saturated carbocycles. The van der Waals surface area contributed by atoms with Crippen LogP contribution in [-0.4, -0.2) is 63.8 Å². The normalized spacial score (nSPS) is 19.1. The molecule has 5 heteroatoms. The molecule has 0 aliphatic carbocycles. The number of nitrogens with one attached hydrogen (secondary N) is 2. The molecule has 0 radical (unpaired) electrons. The Bertz CT molecular complexity index is 309. The maximum atomic E-state index is 5.51. The van der Waals surface area contributed by atoms with Crippen LogP contribution in [0.4, 0.5) is 0 Å². The van der Waals surface area contributed by atoms with Gasteiger partial charge < -0.3 is 20.3 Å². The van der Waals surface area contributed by atoms with Gasteiger partial charge in [0.25, 0.3) is 0 Å². The molecule has 1 rings (SSSR count). The van der Waals surface area contributed by atoms with Crippen molar-refractivity contribution in [1.29, 1.82) is 0 Å². The predicted octanol–water partition coefficient (Wildman–Crippen LogP) is 1.70. The van der Waals surface area contributed by atoms with Crippen molar-refractivity contribution >= 4 is 5.96 Å². The monoisotopic (exact) mass is 298 g/mol. The molecule has 0 aromatic carbocycles. The van der Waals surface area contributed by atoms with E-state index in [1.807, 2.05) is 7.05 Å². The van der Waals surface area contributed by atoms with E-state index in [0.29, 0.717) is 0 Å². The lowest BCUT2D eigenvalue weighted by Crippen LogP contribution is -2.57. The summed E-state index contributed by atoms with van der Waals surface area (Å²) < 4.78 is 5.51. The Morgan fingerprint density at radius 2 is 1.90 bits per heavy atom. The molecular formula is C16H34N4O. The lowest BCUT2D eigenvalue weighted by atomic mass is 9.88. The average Bonchev–Trinajstić information content (AvgIpc) is 2.47. The van der Waals surface area contributed by atoms with E-state index in [4.69, 9.17) is 4.74 Å². The van der Waals surface area contributed by atoms with Gasteiger partial charge in [-0.05, 0) is 45.7 Å². The summed E-state index contributed by atoms with van der Waals surface area (Å²) in [6, 6.07) is 0. The topological polar surface area (TPSA) is 48.9 Å². The van der Waals surface area contributed by atoms with Crippen molar-refractivity contribution in [2.75, 3.05) is 47.4 Å². The number of nitrogens with zero attached hydrogens (tertiary/aromatic N) is 2. The van der Waals surface area contributed by atoms with Crippen molar-refractivity contribution in [3.8, 4) is 0 Å². The third-order valence-electron chi connectivity index (χ3n) is 4.43. The van der Waals surface area contributed by atoms with Gasteiger partial charge in [0.2, 0.25) is 0 Å². The second-order valence-corrected chi connectivity index (χ2v) is 6.62. The first-order valence-corrected chi connectivity index (χ1v) is 8.20. The Balaban J connectivity index is 2.38. The van der Waals surface area contributed by atoms with Crippen LogP contribution in [0.2, 0.25) is 0 Å². The highest BCUT2D eigenvalue weighted by Gasteiger charge is 2.34. The molecule has 1 saturated heterocycles. The van der Waals surface area contributed by atoms with E-state index in [1.165, 1.54) is 12.8 Å². The first-order valence-electron chi connectivity index (χ1n) is 8.20. The fourth-order valence-corrected chi connectivity index (χ4v) is 2.72. The van der Waals surface area contributed by atoms with Crippen LogP contribution in [0.3, 0.4) is 0 Å². The van der Waals surface area contributed by atoms with Gasteiger partial charge in [-0.2, -0.15) is 0 Å². The fraction of sp³-hybridized carbons (Fsp3) is 0.938. The molecule has 0 amide bonds. The lowest BCUT2D eigenvalue weighted by Gasteiger charge is -2.43. The number of guanidine groups is 1. The van der Waals surface area contributed by atoms with E-state index in [0.717, 1.165) is 51.0 Å². The summed E-state index contributed by atoms with van der Waals surface area (Å²) in [4.78, 5) is 6.65. The summed E-state index contributed by atoms with van der Waals surface area (Å²) in [5, 5.41) is 6.90. The number of hydrogen-bond acceptors (Lipinski definition) is 3. The summed E-state index contributed by atoms with van der Waals surface area (Å²) in [5.74, 6) is 1.67. The molecule has 0 aromatic heterocycles. The molecule has 21 heavy (non-hydrogen) atoms. The zero-order valence-electron chi connectivity index (χ0n) is 14.5. The quantitative estimate of drug-likeness (QED) is 0.427. The Kier molecular flexibility index (Phi) is 8.04. The van der Waals surface area contributed by atoms with Gasteiger partial charge in [-0.25, -0.2) is 0 Å². The second kappa shape index (κ2) is 9.26. The fourth-order valence-electron chi connectivity index (χ4n) is 2.72. The number of hydrogen-bond donors (Lipinski definition) is 2. The summed E-state index contributed by atoms with van der Waals surface area (Å²) in [5.41, 5.74) is 0.174. The number of aliphatic imine (C=N–C) groups is 1. The largest absolute Gasteiger partial charge is 0.381 e. The molecule has 124 valence electrons. The first-order chi connectivity index (χ1) is 10.00. The van der Waals surface area contributed by atoms with E-state index < -0.39 is 0 Å². The maximum Gasteiger partial charge on any atom is 0.191 e. The highest BCUT2D eigenvalue weighted by Crippen LogP contribution is 2.24. The zero-order valence-corrected chi connectivity index (χ0v) is 14.5. The molecule has 0 spiro atoms. The third-order valence-corrected chi connectivity index (χ3v) is 4.43. The highest BCUT2D eigenvalue weighted by molar-refractivity contribution is 5.79. The van der Waals surface area contributed by atoms with Crippen molar-refractivity contribution in [3.05, 3.63) is 0 Å². The van der Waals surface area contributed by atoms with Crippen LogP contribution < -0.4 is 10.6 Å². The van der Waals surface area contributed by atoms with E-state index in [-0.39, 0.29) is 5.54 Å². The molecule has 1 aliphatic heterocycles. The molecule has 0 aromatic rings. The number of rotatable bonds is 7. The van der Waals surface area contributed by atoms with E-state index in [9.17, 15) is 0 Å². The zero-order chi connectivity index (χ0) is 15.7. The standard InChI is InChI=1S/C16H34N4O/c1-14(2)7-6-10-18-15(17-3)19-13-16(20(4)5)8-11-21-12-9-16/h14H,6-13H2,1-5H3,(H2,17,18,19). The van der Waals surface area contributed by atoms with Gasteiger partial charge in [0.1, 0.15) is 0 Å². The third kappa shape index (κ3) is 6.22. The smallest absolute Gasteiger partial charge is 0.191 e. The van der Waals surface area contributed by atoms with Gasteiger partial charge in [0.15, 0.2) is 5.96 Å². The summed E-state index contributed by atoms with van der Waals surface area (Å²) >= 11 is 0. The highest BCUT2D eigenvalue weighted by atomic mass is 16.5. The van der Waals surface area contributed by atoms with Crippen LogP contribution in [-0.2, 0) is 4.74 Å². The first kappa shape index (κ1) is 18.2. The lowest BCUT2D eigenvalue weighted by molar-refractivity contribution is -0.00501. The van der Waals surface area contributed by atoms with E-state index >= 15 is 0 Å². The van der Waals surface area contributed by atoms with E-state index in [2.05, 4.69) is 48.5 Å². The molecule has 1 heterocycles. The molecule has 1 fully saturated rings. The summed E-state index contributed by atoms with van der Waals surface area (Å²) in [6.07, 6.45) is 4.57. The van der Waals surface area contributed by atoms with Gasteiger partial charge in [0.05, 0.1) is 0 Å². The van der Waals surface area contributed by atoms with Crippen LogP contribution in [0.15, 0.2) is 4.99 Å². The Hall–Kier alpha value is -0.810. The number of ether oxygens (including phenoxy) is 1. The SMILES string of the molecule is CN=C(NCCCC(C)C)NCC1(N(C)C)CCOCC1. The van der Waals surface area contributed by atoms with Gasteiger partial charge in [-0.3, -0.25) is 4.99 Å². The molecular weight excluding hydrogens is 264 g/mol.